The molecule has 4 nitrogen and oxygen atoms in total. The van der Waals surface area contributed by atoms with Gasteiger partial charge >= 0.3 is 0 Å². The van der Waals surface area contributed by atoms with Crippen molar-refractivity contribution in [1.29, 1.82) is 0 Å². The third-order valence-corrected chi connectivity index (χ3v) is 5.49. The number of hydrogen-bond acceptors (Lipinski definition) is 4. The highest BCUT2D eigenvalue weighted by Crippen LogP contribution is 2.45. The number of anilines is 2. The van der Waals surface area contributed by atoms with Gasteiger partial charge < -0.3 is 20.9 Å². The lowest BCUT2D eigenvalue weighted by Gasteiger charge is -2.18. The van der Waals surface area contributed by atoms with Crippen LogP contribution in [0.2, 0.25) is 0 Å². The van der Waals surface area contributed by atoms with Crippen molar-refractivity contribution in [2.75, 3.05) is 11.5 Å². The Morgan fingerprint density at radius 2 is 0.941 bits per heavy atom. The molecule has 4 heteroatoms. The molecule has 0 aliphatic rings. The third kappa shape index (κ3) is 4.57. The summed E-state index contributed by atoms with van der Waals surface area (Å²) in [5.41, 5.74) is 17.3. The maximum absolute atomic E-state index is 6.43. The number of rotatable bonds is 6. The van der Waals surface area contributed by atoms with Crippen LogP contribution in [-0.4, -0.2) is 0 Å². The van der Waals surface area contributed by atoms with E-state index in [4.69, 9.17) is 20.9 Å². The van der Waals surface area contributed by atoms with E-state index in [0.29, 0.717) is 34.4 Å². The molecule has 5 rings (SSSR count). The van der Waals surface area contributed by atoms with Crippen LogP contribution in [-0.2, 0) is 0 Å². The van der Waals surface area contributed by atoms with E-state index in [1.165, 1.54) is 0 Å². The highest BCUT2D eigenvalue weighted by Gasteiger charge is 2.18. The first-order chi connectivity index (χ1) is 16.7. The Bertz CT molecular complexity index is 1400. The molecule has 4 N–H and O–H groups in total. The molecule has 0 saturated heterocycles. The lowest BCUT2D eigenvalue weighted by atomic mass is 9.94. The molecular weight excluding hydrogens is 420 g/mol. The molecular formula is C30H24N2O2. The van der Waals surface area contributed by atoms with E-state index < -0.39 is 0 Å². The van der Waals surface area contributed by atoms with Crippen molar-refractivity contribution < 1.29 is 9.47 Å². The van der Waals surface area contributed by atoms with Crippen LogP contribution in [0.1, 0.15) is 0 Å². The maximum Gasteiger partial charge on any atom is 0.177 e. The fraction of sp³-hybridized carbons (Fsp3) is 0. The Morgan fingerprint density at radius 1 is 0.412 bits per heavy atom. The molecule has 0 bridgehead atoms. The average Bonchev–Trinajstić information content (AvgIpc) is 2.88. The Labute approximate surface area is 199 Å². The van der Waals surface area contributed by atoms with Gasteiger partial charge in [-0.2, -0.15) is 0 Å². The van der Waals surface area contributed by atoms with Gasteiger partial charge in [0.25, 0.3) is 0 Å². The molecule has 0 amide bonds. The first-order valence-corrected chi connectivity index (χ1v) is 11.0. The van der Waals surface area contributed by atoms with Gasteiger partial charge in [0, 0.05) is 16.9 Å². The van der Waals surface area contributed by atoms with Crippen molar-refractivity contribution in [3.05, 3.63) is 121 Å². The van der Waals surface area contributed by atoms with Crippen molar-refractivity contribution in [1.82, 2.24) is 0 Å². The number of hydrogen-bond donors (Lipinski definition) is 2. The van der Waals surface area contributed by atoms with Crippen molar-refractivity contribution in [2.45, 2.75) is 0 Å². The minimum absolute atomic E-state index is 0.599. The van der Waals surface area contributed by atoms with Crippen LogP contribution in [0.5, 0.6) is 23.0 Å². The molecule has 0 heterocycles. The molecule has 0 aliphatic heterocycles. The molecule has 0 aliphatic carbocycles. The first kappa shape index (κ1) is 21.2. The predicted molar refractivity (Wildman–Crippen MR) is 139 cm³/mol. The van der Waals surface area contributed by atoms with Gasteiger partial charge in [-0.15, -0.1) is 0 Å². The summed E-state index contributed by atoms with van der Waals surface area (Å²) in [6.45, 7) is 0. The first-order valence-electron chi connectivity index (χ1n) is 11.0. The Hall–Kier alpha value is -4.70. The van der Waals surface area contributed by atoms with E-state index in [2.05, 4.69) is 24.3 Å². The molecule has 166 valence electrons. The highest BCUT2D eigenvalue weighted by molar-refractivity contribution is 5.87. The molecule has 0 spiro atoms. The summed E-state index contributed by atoms with van der Waals surface area (Å²) in [5, 5.41) is 0. The minimum atomic E-state index is 0.599. The largest absolute Gasteiger partial charge is 0.453 e. The Morgan fingerprint density at radius 3 is 1.59 bits per heavy atom. The summed E-state index contributed by atoms with van der Waals surface area (Å²) in [5.74, 6) is 2.56. The molecule has 5 aromatic rings. The Kier molecular flexibility index (Phi) is 5.87. The summed E-state index contributed by atoms with van der Waals surface area (Å²) < 4.78 is 12.7. The fourth-order valence-corrected chi connectivity index (χ4v) is 3.82. The number of para-hydroxylation sites is 1. The predicted octanol–water partition coefficient (Wildman–Crippen LogP) is 7.77. The number of benzene rings is 5. The van der Waals surface area contributed by atoms with Gasteiger partial charge in [0.2, 0.25) is 0 Å². The van der Waals surface area contributed by atoms with Gasteiger partial charge in [-0.1, -0.05) is 66.7 Å². The molecule has 0 radical (unpaired) electrons. The quantitative estimate of drug-likeness (QED) is 0.262. The molecule has 0 unspecified atom stereocenters. The van der Waals surface area contributed by atoms with Gasteiger partial charge in [-0.25, -0.2) is 0 Å². The van der Waals surface area contributed by atoms with Crippen LogP contribution in [0.3, 0.4) is 0 Å². The summed E-state index contributed by atoms with van der Waals surface area (Å²) >= 11 is 0. The molecule has 5 aromatic carbocycles. The second kappa shape index (κ2) is 9.43. The van der Waals surface area contributed by atoms with Crippen LogP contribution in [0.4, 0.5) is 11.4 Å². The zero-order valence-corrected chi connectivity index (χ0v) is 18.5. The minimum Gasteiger partial charge on any atom is -0.453 e. The van der Waals surface area contributed by atoms with Crippen LogP contribution in [0, 0.1) is 0 Å². The fourth-order valence-electron chi connectivity index (χ4n) is 3.82. The summed E-state index contributed by atoms with van der Waals surface area (Å²) in [6, 6.07) is 39.1. The van der Waals surface area contributed by atoms with Gasteiger partial charge in [0.05, 0.1) is 0 Å². The number of nitrogen functional groups attached to an aromatic ring is 2. The zero-order chi connectivity index (χ0) is 23.3. The van der Waals surface area contributed by atoms with E-state index in [9.17, 15) is 0 Å². The molecule has 0 atom stereocenters. The zero-order valence-electron chi connectivity index (χ0n) is 18.5. The van der Waals surface area contributed by atoms with Gasteiger partial charge in [0.1, 0.15) is 11.5 Å². The van der Waals surface area contributed by atoms with Crippen LogP contribution in [0.15, 0.2) is 121 Å². The lowest BCUT2D eigenvalue weighted by molar-refractivity contribution is 0.420. The summed E-state index contributed by atoms with van der Waals surface area (Å²) in [7, 11) is 0. The lowest BCUT2D eigenvalue weighted by Crippen LogP contribution is -1.95. The van der Waals surface area contributed by atoms with E-state index in [1.807, 2.05) is 97.1 Å². The van der Waals surface area contributed by atoms with Gasteiger partial charge in [0.15, 0.2) is 11.5 Å². The van der Waals surface area contributed by atoms with Crippen molar-refractivity contribution in [2.24, 2.45) is 0 Å². The molecule has 0 fully saturated rings. The third-order valence-electron chi connectivity index (χ3n) is 5.49. The van der Waals surface area contributed by atoms with Crippen molar-refractivity contribution >= 4 is 11.4 Å². The molecule has 0 saturated carbocycles. The topological polar surface area (TPSA) is 70.5 Å². The van der Waals surface area contributed by atoms with Crippen LogP contribution < -0.4 is 20.9 Å². The van der Waals surface area contributed by atoms with Crippen LogP contribution in [0.25, 0.3) is 22.3 Å². The van der Waals surface area contributed by atoms with Gasteiger partial charge in [-0.3, -0.25) is 0 Å². The number of ether oxygens (including phenoxy) is 2. The normalized spacial score (nSPS) is 10.6. The summed E-state index contributed by atoms with van der Waals surface area (Å²) in [4.78, 5) is 0. The molecule has 34 heavy (non-hydrogen) atoms. The monoisotopic (exact) mass is 444 g/mol. The highest BCUT2D eigenvalue weighted by atomic mass is 16.5. The Balaban J connectivity index is 1.65. The van der Waals surface area contributed by atoms with Crippen LogP contribution >= 0.6 is 0 Å². The van der Waals surface area contributed by atoms with Crippen molar-refractivity contribution in [3.63, 3.8) is 0 Å². The van der Waals surface area contributed by atoms with Gasteiger partial charge in [-0.05, 0) is 71.3 Å². The van der Waals surface area contributed by atoms with E-state index >= 15 is 0 Å². The summed E-state index contributed by atoms with van der Waals surface area (Å²) in [6.07, 6.45) is 0. The SMILES string of the molecule is Nc1ccc(Oc2cccc(-c3ccccc3-c3ccccc3)c2Oc2ccc(N)cc2)cc1. The number of nitrogens with two attached hydrogens (primary N) is 2. The molecule has 0 aromatic heterocycles. The van der Waals surface area contributed by atoms with Crippen molar-refractivity contribution in [3.8, 4) is 45.3 Å². The second-order valence-corrected chi connectivity index (χ2v) is 7.89. The standard InChI is InChI=1S/C30H24N2O2/c31-22-13-17-24(18-14-22)33-29-12-6-11-28(30(29)34-25-19-15-23(32)16-20-25)27-10-5-4-9-26(27)21-7-2-1-3-8-21/h1-20H,31-32H2. The second-order valence-electron chi connectivity index (χ2n) is 7.89. The maximum atomic E-state index is 6.43. The average molecular weight is 445 g/mol. The van der Waals surface area contributed by atoms with E-state index in [-0.39, 0.29) is 0 Å². The smallest absolute Gasteiger partial charge is 0.177 e. The van der Waals surface area contributed by atoms with E-state index in [1.54, 1.807) is 0 Å². The van der Waals surface area contributed by atoms with E-state index in [0.717, 1.165) is 22.3 Å².